The lowest BCUT2D eigenvalue weighted by molar-refractivity contribution is -0.142. The van der Waals surface area contributed by atoms with Crippen molar-refractivity contribution in [3.05, 3.63) is 0 Å². The molecular formula is C12H24N2O4S. The summed E-state index contributed by atoms with van der Waals surface area (Å²) < 4.78 is 28.2. The molecule has 2 N–H and O–H groups in total. The van der Waals surface area contributed by atoms with Gasteiger partial charge in [0.2, 0.25) is 0 Å². The van der Waals surface area contributed by atoms with E-state index in [-0.39, 0.29) is 19.1 Å². The van der Waals surface area contributed by atoms with Crippen LogP contribution in [-0.4, -0.2) is 42.9 Å². The molecule has 0 saturated carbocycles. The van der Waals surface area contributed by atoms with E-state index in [0.717, 1.165) is 19.3 Å². The van der Waals surface area contributed by atoms with Crippen LogP contribution in [0.3, 0.4) is 0 Å². The van der Waals surface area contributed by atoms with Gasteiger partial charge in [0.25, 0.3) is 10.2 Å². The molecular weight excluding hydrogens is 268 g/mol. The van der Waals surface area contributed by atoms with Crippen molar-refractivity contribution in [2.45, 2.75) is 52.0 Å². The van der Waals surface area contributed by atoms with Gasteiger partial charge in [0.05, 0.1) is 5.92 Å². The summed E-state index contributed by atoms with van der Waals surface area (Å²) in [5.74, 6) is -1.25. The predicted octanol–water partition coefficient (Wildman–Crippen LogP) is 1.20. The highest BCUT2D eigenvalue weighted by Gasteiger charge is 2.31. The van der Waals surface area contributed by atoms with Crippen molar-refractivity contribution in [1.29, 1.82) is 0 Å². The number of aliphatic carboxylic acids is 1. The quantitative estimate of drug-likeness (QED) is 0.738. The lowest BCUT2D eigenvalue weighted by Gasteiger charge is -2.30. The number of unbranched alkanes of at least 4 members (excludes halogenated alkanes) is 1. The first-order chi connectivity index (χ1) is 8.86. The minimum atomic E-state index is -3.47. The minimum Gasteiger partial charge on any atom is -0.481 e. The zero-order valence-corrected chi connectivity index (χ0v) is 12.4. The van der Waals surface area contributed by atoms with E-state index in [0.29, 0.717) is 12.8 Å². The van der Waals surface area contributed by atoms with Gasteiger partial charge in [0, 0.05) is 19.1 Å². The third-order valence-electron chi connectivity index (χ3n) is 3.48. The van der Waals surface area contributed by atoms with Crippen LogP contribution in [0.1, 0.15) is 46.0 Å². The summed E-state index contributed by atoms with van der Waals surface area (Å²) in [5, 5.41) is 8.89. The molecule has 0 spiro atoms. The van der Waals surface area contributed by atoms with Gasteiger partial charge in [-0.25, -0.2) is 0 Å². The number of carboxylic acid groups (broad SMARTS) is 1. The van der Waals surface area contributed by atoms with E-state index in [1.807, 2.05) is 6.92 Å². The van der Waals surface area contributed by atoms with Crippen molar-refractivity contribution in [2.24, 2.45) is 5.92 Å². The SMILES string of the molecule is CCCCC(C)NS(=O)(=O)N1CCC(C(=O)O)CC1. The molecule has 112 valence electrons. The normalized spacial score (nSPS) is 20.3. The van der Waals surface area contributed by atoms with Gasteiger partial charge >= 0.3 is 5.97 Å². The predicted molar refractivity (Wildman–Crippen MR) is 73.0 cm³/mol. The van der Waals surface area contributed by atoms with E-state index in [4.69, 9.17) is 5.11 Å². The molecule has 1 atom stereocenters. The Balaban J connectivity index is 2.48. The summed E-state index contributed by atoms with van der Waals surface area (Å²) in [5.41, 5.74) is 0. The molecule has 7 heteroatoms. The van der Waals surface area contributed by atoms with Crippen molar-refractivity contribution in [3.8, 4) is 0 Å². The molecule has 0 amide bonds. The van der Waals surface area contributed by atoms with Crippen molar-refractivity contribution in [3.63, 3.8) is 0 Å². The van der Waals surface area contributed by atoms with E-state index in [2.05, 4.69) is 11.6 Å². The topological polar surface area (TPSA) is 86.7 Å². The number of carbonyl (C=O) groups is 1. The summed E-state index contributed by atoms with van der Waals surface area (Å²) in [6, 6.07) is -0.0813. The Morgan fingerprint density at radius 3 is 2.47 bits per heavy atom. The molecule has 0 aliphatic carbocycles. The van der Waals surface area contributed by atoms with Crippen molar-refractivity contribution in [1.82, 2.24) is 9.03 Å². The van der Waals surface area contributed by atoms with Crippen molar-refractivity contribution < 1.29 is 18.3 Å². The molecule has 1 aliphatic heterocycles. The Hall–Kier alpha value is -0.660. The number of hydrogen-bond donors (Lipinski definition) is 2. The Labute approximate surface area is 115 Å². The van der Waals surface area contributed by atoms with Gasteiger partial charge in [0.1, 0.15) is 0 Å². The summed E-state index contributed by atoms with van der Waals surface area (Å²) in [4.78, 5) is 10.8. The van der Waals surface area contributed by atoms with Crippen LogP contribution < -0.4 is 4.72 Å². The highest BCUT2D eigenvalue weighted by Crippen LogP contribution is 2.19. The van der Waals surface area contributed by atoms with Crippen LogP contribution in [0.4, 0.5) is 0 Å². The molecule has 1 unspecified atom stereocenters. The second-order valence-corrected chi connectivity index (χ2v) is 6.88. The molecule has 6 nitrogen and oxygen atoms in total. The maximum Gasteiger partial charge on any atom is 0.306 e. The Morgan fingerprint density at radius 2 is 2.00 bits per heavy atom. The Bertz CT molecular complexity index is 389. The first kappa shape index (κ1) is 16.4. The average Bonchev–Trinajstić information content (AvgIpc) is 2.36. The minimum absolute atomic E-state index is 0.0813. The molecule has 19 heavy (non-hydrogen) atoms. The first-order valence-electron chi connectivity index (χ1n) is 6.87. The van der Waals surface area contributed by atoms with Gasteiger partial charge in [-0.1, -0.05) is 19.8 Å². The second kappa shape index (κ2) is 7.21. The number of hydrogen-bond acceptors (Lipinski definition) is 3. The third-order valence-corrected chi connectivity index (χ3v) is 5.23. The number of nitrogens with zero attached hydrogens (tertiary/aromatic N) is 1. The van der Waals surface area contributed by atoms with Crippen LogP contribution >= 0.6 is 0 Å². The smallest absolute Gasteiger partial charge is 0.306 e. The summed E-state index contributed by atoms with van der Waals surface area (Å²) >= 11 is 0. The number of carboxylic acids is 1. The number of piperidine rings is 1. The summed E-state index contributed by atoms with van der Waals surface area (Å²) in [6.45, 7) is 4.49. The van der Waals surface area contributed by atoms with Gasteiger partial charge in [-0.3, -0.25) is 4.79 Å². The van der Waals surface area contributed by atoms with Crippen LogP contribution in [-0.2, 0) is 15.0 Å². The van der Waals surface area contributed by atoms with Crippen LogP contribution in [0.15, 0.2) is 0 Å². The van der Waals surface area contributed by atoms with Gasteiger partial charge in [-0.2, -0.15) is 17.4 Å². The van der Waals surface area contributed by atoms with E-state index in [1.54, 1.807) is 0 Å². The molecule has 0 aromatic rings. The van der Waals surface area contributed by atoms with Crippen molar-refractivity contribution >= 4 is 16.2 Å². The van der Waals surface area contributed by atoms with E-state index in [9.17, 15) is 13.2 Å². The lowest BCUT2D eigenvalue weighted by atomic mass is 9.99. The average molecular weight is 292 g/mol. The fourth-order valence-electron chi connectivity index (χ4n) is 2.24. The fraction of sp³-hybridized carbons (Fsp3) is 0.917. The van der Waals surface area contributed by atoms with Gasteiger partial charge in [-0.15, -0.1) is 0 Å². The summed E-state index contributed by atoms with van der Waals surface area (Å²) in [6.07, 6.45) is 3.63. The largest absolute Gasteiger partial charge is 0.481 e. The Morgan fingerprint density at radius 1 is 1.42 bits per heavy atom. The molecule has 0 bridgehead atoms. The van der Waals surface area contributed by atoms with Crippen LogP contribution in [0.2, 0.25) is 0 Å². The highest BCUT2D eigenvalue weighted by atomic mass is 32.2. The molecule has 0 aromatic heterocycles. The van der Waals surface area contributed by atoms with E-state index in [1.165, 1.54) is 4.31 Å². The molecule has 1 rings (SSSR count). The van der Waals surface area contributed by atoms with E-state index < -0.39 is 22.1 Å². The molecule has 1 heterocycles. The highest BCUT2D eigenvalue weighted by molar-refractivity contribution is 7.87. The number of nitrogens with one attached hydrogen (secondary N) is 1. The monoisotopic (exact) mass is 292 g/mol. The zero-order valence-electron chi connectivity index (χ0n) is 11.6. The first-order valence-corrected chi connectivity index (χ1v) is 8.31. The lowest BCUT2D eigenvalue weighted by Crippen LogP contribution is -2.48. The maximum atomic E-state index is 12.1. The zero-order chi connectivity index (χ0) is 14.5. The van der Waals surface area contributed by atoms with Crippen molar-refractivity contribution in [2.75, 3.05) is 13.1 Å². The van der Waals surface area contributed by atoms with Crippen LogP contribution in [0.25, 0.3) is 0 Å². The molecule has 1 aliphatic rings. The second-order valence-electron chi connectivity index (χ2n) is 5.18. The number of rotatable bonds is 7. The molecule has 1 fully saturated rings. The van der Waals surface area contributed by atoms with E-state index >= 15 is 0 Å². The van der Waals surface area contributed by atoms with Gasteiger partial charge < -0.3 is 5.11 Å². The molecule has 0 radical (unpaired) electrons. The third kappa shape index (κ3) is 5.08. The molecule has 1 saturated heterocycles. The van der Waals surface area contributed by atoms with Crippen LogP contribution in [0, 0.1) is 5.92 Å². The standard InChI is InChI=1S/C12H24N2O4S/c1-3-4-5-10(2)13-19(17,18)14-8-6-11(7-9-14)12(15)16/h10-11,13H,3-9H2,1-2H3,(H,15,16). The maximum absolute atomic E-state index is 12.1. The van der Waals surface area contributed by atoms with Gasteiger partial charge in [-0.05, 0) is 26.2 Å². The summed E-state index contributed by atoms with van der Waals surface area (Å²) in [7, 11) is -3.47. The van der Waals surface area contributed by atoms with Gasteiger partial charge in [0.15, 0.2) is 0 Å². The molecule has 0 aromatic carbocycles. The fourth-order valence-corrected chi connectivity index (χ4v) is 3.71. The van der Waals surface area contributed by atoms with Crippen LogP contribution in [0.5, 0.6) is 0 Å². The Kier molecular flexibility index (Phi) is 6.22.